The lowest BCUT2D eigenvalue weighted by molar-refractivity contribution is 0.425. The van der Waals surface area contributed by atoms with Gasteiger partial charge in [-0.3, -0.25) is 0 Å². The van der Waals surface area contributed by atoms with Crippen LogP contribution < -0.4 is 10.2 Å². The van der Waals surface area contributed by atoms with Crippen LogP contribution in [0.25, 0.3) is 0 Å². The summed E-state index contributed by atoms with van der Waals surface area (Å²) in [7, 11) is 0. The summed E-state index contributed by atoms with van der Waals surface area (Å²) in [5.41, 5.74) is 1.04. The van der Waals surface area contributed by atoms with Crippen LogP contribution in [0.4, 0.5) is 5.69 Å². The Hall–Kier alpha value is -0.440. The molecule has 1 heterocycles. The van der Waals surface area contributed by atoms with Crippen LogP contribution in [-0.4, -0.2) is 25.2 Å². The molecule has 1 saturated heterocycles. The third-order valence-electron chi connectivity index (χ3n) is 3.00. The number of piperazine rings is 1. The van der Waals surface area contributed by atoms with Crippen molar-refractivity contribution in [3.8, 4) is 0 Å². The Morgan fingerprint density at radius 2 is 2.06 bits per heavy atom. The van der Waals surface area contributed by atoms with Crippen molar-refractivity contribution in [2.75, 3.05) is 18.0 Å². The third kappa shape index (κ3) is 2.29. The van der Waals surface area contributed by atoms with E-state index in [2.05, 4.69) is 24.1 Å². The van der Waals surface area contributed by atoms with Crippen LogP contribution >= 0.6 is 23.2 Å². The van der Waals surface area contributed by atoms with E-state index in [4.69, 9.17) is 23.2 Å². The van der Waals surface area contributed by atoms with Gasteiger partial charge >= 0.3 is 0 Å². The van der Waals surface area contributed by atoms with Crippen LogP contribution in [0.2, 0.25) is 10.0 Å². The highest BCUT2D eigenvalue weighted by Gasteiger charge is 2.24. The molecule has 1 aliphatic rings. The summed E-state index contributed by atoms with van der Waals surface area (Å²) >= 11 is 12.3. The van der Waals surface area contributed by atoms with E-state index in [1.165, 1.54) is 0 Å². The van der Waals surface area contributed by atoms with Gasteiger partial charge in [0.1, 0.15) is 0 Å². The zero-order chi connectivity index (χ0) is 11.7. The second-order valence-corrected chi connectivity index (χ2v) is 5.17. The molecule has 2 atom stereocenters. The summed E-state index contributed by atoms with van der Waals surface area (Å²) in [6.07, 6.45) is 0. The molecule has 1 aromatic carbocycles. The molecule has 0 aromatic heterocycles. The SMILES string of the molecule is CC1CN(c2cccc(Cl)c2Cl)C(C)CN1. The number of hydrogen-bond donors (Lipinski definition) is 1. The molecule has 1 fully saturated rings. The van der Waals surface area contributed by atoms with Gasteiger partial charge in [0.25, 0.3) is 0 Å². The lowest BCUT2D eigenvalue weighted by Gasteiger charge is -2.39. The van der Waals surface area contributed by atoms with Crippen molar-refractivity contribution in [1.82, 2.24) is 5.32 Å². The highest BCUT2D eigenvalue weighted by molar-refractivity contribution is 6.43. The Morgan fingerprint density at radius 1 is 1.31 bits per heavy atom. The van der Waals surface area contributed by atoms with Gasteiger partial charge in [-0.15, -0.1) is 0 Å². The van der Waals surface area contributed by atoms with Gasteiger partial charge in [-0.25, -0.2) is 0 Å². The summed E-state index contributed by atoms with van der Waals surface area (Å²) in [6.45, 7) is 6.30. The van der Waals surface area contributed by atoms with Gasteiger partial charge in [-0.2, -0.15) is 0 Å². The number of nitrogens with zero attached hydrogens (tertiary/aromatic N) is 1. The lowest BCUT2D eigenvalue weighted by atomic mass is 10.1. The van der Waals surface area contributed by atoms with Crippen LogP contribution in [0, 0.1) is 0 Å². The average Bonchev–Trinajstić information content (AvgIpc) is 2.26. The van der Waals surface area contributed by atoms with Crippen molar-refractivity contribution in [1.29, 1.82) is 0 Å². The van der Waals surface area contributed by atoms with E-state index in [9.17, 15) is 0 Å². The Labute approximate surface area is 107 Å². The second kappa shape index (κ2) is 4.82. The minimum absolute atomic E-state index is 0.437. The van der Waals surface area contributed by atoms with Gasteiger partial charge in [0.2, 0.25) is 0 Å². The molecule has 0 saturated carbocycles. The van der Waals surface area contributed by atoms with E-state index in [1.54, 1.807) is 0 Å². The maximum atomic E-state index is 6.25. The van der Waals surface area contributed by atoms with Crippen LogP contribution in [0.15, 0.2) is 18.2 Å². The molecule has 0 bridgehead atoms. The highest BCUT2D eigenvalue weighted by Crippen LogP contribution is 2.34. The molecule has 2 rings (SSSR count). The molecular formula is C12H16Cl2N2. The molecule has 1 aliphatic heterocycles. The van der Waals surface area contributed by atoms with E-state index in [0.717, 1.165) is 18.8 Å². The van der Waals surface area contributed by atoms with Crippen molar-refractivity contribution in [3.63, 3.8) is 0 Å². The molecule has 0 spiro atoms. The third-order valence-corrected chi connectivity index (χ3v) is 3.81. The van der Waals surface area contributed by atoms with Crippen molar-refractivity contribution in [2.24, 2.45) is 0 Å². The van der Waals surface area contributed by atoms with Gasteiger partial charge in [-0.05, 0) is 26.0 Å². The van der Waals surface area contributed by atoms with Crippen molar-refractivity contribution >= 4 is 28.9 Å². The monoisotopic (exact) mass is 258 g/mol. The van der Waals surface area contributed by atoms with Crippen LogP contribution in [-0.2, 0) is 0 Å². The molecule has 4 heteroatoms. The average molecular weight is 259 g/mol. The Balaban J connectivity index is 2.31. The Bertz CT molecular complexity index is 381. The minimum Gasteiger partial charge on any atom is -0.365 e. The number of rotatable bonds is 1. The van der Waals surface area contributed by atoms with Gasteiger partial charge in [0.05, 0.1) is 15.7 Å². The summed E-state index contributed by atoms with van der Waals surface area (Å²) in [4.78, 5) is 2.31. The molecule has 0 radical (unpaired) electrons. The van der Waals surface area contributed by atoms with E-state index in [1.807, 2.05) is 18.2 Å². The first-order valence-electron chi connectivity index (χ1n) is 5.53. The van der Waals surface area contributed by atoms with Gasteiger partial charge < -0.3 is 10.2 Å². The molecule has 0 aliphatic carbocycles. The second-order valence-electron chi connectivity index (χ2n) is 4.38. The number of nitrogens with one attached hydrogen (secondary N) is 1. The first-order chi connectivity index (χ1) is 7.59. The van der Waals surface area contributed by atoms with Crippen LogP contribution in [0.5, 0.6) is 0 Å². The van der Waals surface area contributed by atoms with Crippen molar-refractivity contribution < 1.29 is 0 Å². The Kier molecular flexibility index (Phi) is 3.63. The summed E-state index contributed by atoms with van der Waals surface area (Å²) in [5.74, 6) is 0. The Morgan fingerprint density at radius 3 is 2.81 bits per heavy atom. The summed E-state index contributed by atoms with van der Waals surface area (Å²) in [6, 6.07) is 6.72. The summed E-state index contributed by atoms with van der Waals surface area (Å²) < 4.78 is 0. The van der Waals surface area contributed by atoms with Crippen LogP contribution in [0.3, 0.4) is 0 Å². The van der Waals surface area contributed by atoms with Crippen LogP contribution in [0.1, 0.15) is 13.8 Å². The first kappa shape index (κ1) is 12.0. The minimum atomic E-state index is 0.437. The first-order valence-corrected chi connectivity index (χ1v) is 6.29. The maximum absolute atomic E-state index is 6.25. The number of benzene rings is 1. The van der Waals surface area contributed by atoms with E-state index in [0.29, 0.717) is 22.1 Å². The quantitative estimate of drug-likeness (QED) is 0.833. The zero-order valence-corrected chi connectivity index (χ0v) is 11.0. The van der Waals surface area contributed by atoms with Gasteiger partial charge in [-0.1, -0.05) is 29.3 Å². The smallest absolute Gasteiger partial charge is 0.0825 e. The topological polar surface area (TPSA) is 15.3 Å². The van der Waals surface area contributed by atoms with Gasteiger partial charge in [0.15, 0.2) is 0 Å². The fourth-order valence-electron chi connectivity index (χ4n) is 2.07. The molecule has 88 valence electrons. The number of halogens is 2. The molecule has 2 nitrogen and oxygen atoms in total. The predicted molar refractivity (Wildman–Crippen MR) is 70.7 cm³/mol. The molecule has 2 unspecified atom stereocenters. The van der Waals surface area contributed by atoms with E-state index in [-0.39, 0.29) is 0 Å². The molecule has 1 N–H and O–H groups in total. The van der Waals surface area contributed by atoms with Gasteiger partial charge in [0, 0.05) is 25.2 Å². The molecule has 16 heavy (non-hydrogen) atoms. The normalized spacial score (nSPS) is 25.9. The van der Waals surface area contributed by atoms with Crippen molar-refractivity contribution in [2.45, 2.75) is 25.9 Å². The molecule has 0 amide bonds. The van der Waals surface area contributed by atoms with Crippen molar-refractivity contribution in [3.05, 3.63) is 28.2 Å². The van der Waals surface area contributed by atoms with E-state index < -0.39 is 0 Å². The lowest BCUT2D eigenvalue weighted by Crippen LogP contribution is -2.54. The maximum Gasteiger partial charge on any atom is 0.0825 e. The van der Waals surface area contributed by atoms with E-state index >= 15 is 0 Å². The fraction of sp³-hybridized carbons (Fsp3) is 0.500. The number of hydrogen-bond acceptors (Lipinski definition) is 2. The highest BCUT2D eigenvalue weighted by atomic mass is 35.5. The molecular weight excluding hydrogens is 243 g/mol. The summed E-state index contributed by atoms with van der Waals surface area (Å²) in [5, 5.41) is 4.73. The zero-order valence-electron chi connectivity index (χ0n) is 9.50. The molecule has 1 aromatic rings. The number of anilines is 1. The standard InChI is InChI=1S/C12H16Cl2N2/c1-8-7-16(9(2)6-15-8)11-5-3-4-10(13)12(11)14/h3-5,8-9,15H,6-7H2,1-2H3. The predicted octanol–water partition coefficient (Wildman–Crippen LogP) is 3.18. The fourth-order valence-corrected chi connectivity index (χ4v) is 2.48. The largest absolute Gasteiger partial charge is 0.365 e.